The number of furan rings is 1. The van der Waals surface area contributed by atoms with Crippen LogP contribution in [0.5, 0.6) is 5.75 Å². The van der Waals surface area contributed by atoms with Crippen molar-refractivity contribution >= 4 is 16.8 Å². The number of nitrogens with one attached hydrogen (secondary N) is 2. The second-order valence-electron chi connectivity index (χ2n) is 7.29. The first-order valence-electron chi connectivity index (χ1n) is 10.2. The Kier molecular flexibility index (Phi) is 5.89. The third-order valence-electron chi connectivity index (χ3n) is 5.53. The zero-order valence-electron chi connectivity index (χ0n) is 17.3. The molecule has 5 nitrogen and oxygen atoms in total. The van der Waals surface area contributed by atoms with Crippen molar-refractivity contribution in [1.82, 2.24) is 10.3 Å². The van der Waals surface area contributed by atoms with Crippen LogP contribution >= 0.6 is 0 Å². The molecule has 0 saturated heterocycles. The highest BCUT2D eigenvalue weighted by atomic mass is 16.5. The van der Waals surface area contributed by atoms with Gasteiger partial charge in [-0.1, -0.05) is 43.3 Å². The summed E-state index contributed by atoms with van der Waals surface area (Å²) in [5, 5.41) is 4.11. The Hall–Kier alpha value is -3.47. The van der Waals surface area contributed by atoms with Gasteiger partial charge in [-0.2, -0.15) is 0 Å². The smallest absolute Gasteiger partial charge is 0.221 e. The molecule has 0 bridgehead atoms. The third-order valence-corrected chi connectivity index (χ3v) is 5.53. The molecular weight excluding hydrogens is 376 g/mol. The van der Waals surface area contributed by atoms with E-state index >= 15 is 0 Å². The molecule has 0 spiro atoms. The number of carbonyl (C=O) groups excluding carboxylic acids is 1. The van der Waals surface area contributed by atoms with Gasteiger partial charge in [0.15, 0.2) is 0 Å². The molecule has 4 aromatic rings. The number of benzene rings is 2. The summed E-state index contributed by atoms with van der Waals surface area (Å²) in [6.07, 6.45) is 4.89. The van der Waals surface area contributed by atoms with E-state index in [1.165, 1.54) is 5.56 Å². The average molecular weight is 402 g/mol. The summed E-state index contributed by atoms with van der Waals surface area (Å²) in [5.74, 6) is 1.33. The van der Waals surface area contributed by atoms with Gasteiger partial charge in [-0.05, 0) is 35.7 Å². The van der Waals surface area contributed by atoms with Gasteiger partial charge in [0.2, 0.25) is 5.91 Å². The van der Waals surface area contributed by atoms with Crippen molar-refractivity contribution in [3.63, 3.8) is 0 Å². The number of fused-ring (bicyclic) bond motifs is 1. The fourth-order valence-corrected chi connectivity index (χ4v) is 4.02. The number of methoxy groups -OCH3 is 1. The average Bonchev–Trinajstić information content (AvgIpc) is 3.46. The minimum Gasteiger partial charge on any atom is -0.496 e. The highest BCUT2D eigenvalue weighted by Crippen LogP contribution is 2.38. The van der Waals surface area contributed by atoms with E-state index in [-0.39, 0.29) is 11.8 Å². The number of hydrogen-bond acceptors (Lipinski definition) is 3. The zero-order chi connectivity index (χ0) is 20.9. The molecular formula is C25H26N2O3. The maximum absolute atomic E-state index is 12.9. The number of ether oxygens (including phenoxy) is 1. The van der Waals surface area contributed by atoms with E-state index in [0.29, 0.717) is 13.0 Å². The monoisotopic (exact) mass is 402 g/mol. The second-order valence-corrected chi connectivity index (χ2v) is 7.29. The Labute approximate surface area is 176 Å². The Morgan fingerprint density at radius 2 is 1.97 bits per heavy atom. The van der Waals surface area contributed by atoms with E-state index in [0.717, 1.165) is 40.0 Å². The van der Waals surface area contributed by atoms with Gasteiger partial charge in [0.1, 0.15) is 11.5 Å². The lowest BCUT2D eigenvalue weighted by molar-refractivity contribution is -0.121. The van der Waals surface area contributed by atoms with Gasteiger partial charge in [0.25, 0.3) is 0 Å². The summed E-state index contributed by atoms with van der Waals surface area (Å²) in [4.78, 5) is 16.3. The first-order chi connectivity index (χ1) is 14.7. The Balaban J connectivity index is 1.70. The van der Waals surface area contributed by atoms with Gasteiger partial charge < -0.3 is 19.5 Å². The summed E-state index contributed by atoms with van der Waals surface area (Å²) in [7, 11) is 1.66. The molecule has 0 aliphatic carbocycles. The standard InChI is InChI=1S/C25H26N2O3/c1-3-17-8-6-11-20-22(16-27-25(17)20)21(19-10-4-5-12-23(19)29-2)14-24(28)26-15-18-9-7-13-30-18/h4-13,16,21,27H,3,14-15H2,1-2H3,(H,26,28)/t21-/m1/s1. The minimum atomic E-state index is -0.140. The lowest BCUT2D eigenvalue weighted by atomic mass is 9.87. The van der Waals surface area contributed by atoms with E-state index < -0.39 is 0 Å². The van der Waals surface area contributed by atoms with Crippen molar-refractivity contribution in [2.75, 3.05) is 7.11 Å². The number of carbonyl (C=O) groups is 1. The van der Waals surface area contributed by atoms with Crippen molar-refractivity contribution < 1.29 is 13.9 Å². The Bertz CT molecular complexity index is 1130. The molecule has 5 heteroatoms. The molecule has 154 valence electrons. The highest BCUT2D eigenvalue weighted by Gasteiger charge is 2.24. The number of rotatable bonds is 8. The summed E-state index contributed by atoms with van der Waals surface area (Å²) >= 11 is 0. The number of aromatic amines is 1. The van der Waals surface area contributed by atoms with Gasteiger partial charge in [0.05, 0.1) is 19.9 Å². The van der Waals surface area contributed by atoms with Crippen LogP contribution in [0.15, 0.2) is 71.5 Å². The SMILES string of the molecule is CCc1cccc2c([C@H](CC(=O)NCc3ccco3)c3ccccc3OC)c[nH]c12. The van der Waals surface area contributed by atoms with Crippen molar-refractivity contribution in [3.05, 3.63) is 89.5 Å². The van der Waals surface area contributed by atoms with Gasteiger partial charge in [-0.25, -0.2) is 0 Å². The Morgan fingerprint density at radius 3 is 2.73 bits per heavy atom. The van der Waals surface area contributed by atoms with Gasteiger partial charge in [-0.15, -0.1) is 0 Å². The second kappa shape index (κ2) is 8.91. The molecule has 0 fully saturated rings. The number of aromatic nitrogens is 1. The van der Waals surface area contributed by atoms with Crippen LogP contribution in [-0.4, -0.2) is 18.0 Å². The van der Waals surface area contributed by atoms with Crippen LogP contribution in [0.2, 0.25) is 0 Å². The normalized spacial score (nSPS) is 12.1. The van der Waals surface area contributed by atoms with E-state index in [1.54, 1.807) is 13.4 Å². The van der Waals surface area contributed by atoms with Crippen LogP contribution in [0.3, 0.4) is 0 Å². The van der Waals surface area contributed by atoms with E-state index in [9.17, 15) is 4.79 Å². The van der Waals surface area contributed by atoms with Crippen LogP contribution < -0.4 is 10.1 Å². The first-order valence-corrected chi connectivity index (χ1v) is 10.2. The quantitative estimate of drug-likeness (QED) is 0.427. The molecule has 0 radical (unpaired) electrons. The maximum atomic E-state index is 12.9. The largest absolute Gasteiger partial charge is 0.496 e. The van der Waals surface area contributed by atoms with Crippen LogP contribution in [-0.2, 0) is 17.8 Å². The van der Waals surface area contributed by atoms with Gasteiger partial charge in [-0.3, -0.25) is 4.79 Å². The van der Waals surface area contributed by atoms with E-state index in [1.807, 2.05) is 42.6 Å². The topological polar surface area (TPSA) is 67.3 Å². The number of aryl methyl sites for hydroxylation is 1. The molecule has 0 saturated carbocycles. The predicted molar refractivity (Wildman–Crippen MR) is 118 cm³/mol. The van der Waals surface area contributed by atoms with Crippen molar-refractivity contribution in [2.24, 2.45) is 0 Å². The number of H-pyrrole nitrogens is 1. The molecule has 0 aliphatic heterocycles. The van der Waals surface area contributed by atoms with Crippen molar-refractivity contribution in [1.29, 1.82) is 0 Å². The lowest BCUT2D eigenvalue weighted by Gasteiger charge is -2.20. The molecule has 1 amide bonds. The lowest BCUT2D eigenvalue weighted by Crippen LogP contribution is -2.25. The number of hydrogen-bond donors (Lipinski definition) is 2. The number of amides is 1. The molecule has 30 heavy (non-hydrogen) atoms. The summed E-state index contributed by atoms with van der Waals surface area (Å²) in [6, 6.07) is 17.9. The van der Waals surface area contributed by atoms with E-state index in [4.69, 9.17) is 9.15 Å². The molecule has 1 atom stereocenters. The molecule has 2 aromatic heterocycles. The molecule has 0 aliphatic rings. The summed E-state index contributed by atoms with van der Waals surface area (Å²) in [5.41, 5.74) is 4.49. The van der Waals surface area contributed by atoms with Gasteiger partial charge >= 0.3 is 0 Å². The van der Waals surface area contributed by atoms with E-state index in [2.05, 4.69) is 35.4 Å². The predicted octanol–water partition coefficient (Wildman–Crippen LogP) is 5.17. The summed E-state index contributed by atoms with van der Waals surface area (Å²) < 4.78 is 11.0. The molecule has 4 rings (SSSR count). The highest BCUT2D eigenvalue weighted by molar-refractivity contribution is 5.88. The maximum Gasteiger partial charge on any atom is 0.221 e. The fourth-order valence-electron chi connectivity index (χ4n) is 4.02. The minimum absolute atomic E-state index is 0.0386. The molecule has 2 heterocycles. The van der Waals surface area contributed by atoms with Crippen LogP contribution in [0.25, 0.3) is 10.9 Å². The van der Waals surface area contributed by atoms with Crippen molar-refractivity contribution in [2.45, 2.75) is 32.2 Å². The molecule has 0 unspecified atom stereocenters. The van der Waals surface area contributed by atoms with Crippen LogP contribution in [0, 0.1) is 0 Å². The van der Waals surface area contributed by atoms with Crippen molar-refractivity contribution in [3.8, 4) is 5.75 Å². The zero-order valence-corrected chi connectivity index (χ0v) is 17.3. The number of para-hydroxylation sites is 2. The molecule has 2 N–H and O–H groups in total. The van der Waals surface area contributed by atoms with Gasteiger partial charge in [0, 0.05) is 35.0 Å². The Morgan fingerprint density at radius 1 is 1.10 bits per heavy atom. The van der Waals surface area contributed by atoms with Crippen LogP contribution in [0.1, 0.15) is 41.7 Å². The fraction of sp³-hybridized carbons (Fsp3) is 0.240. The van der Waals surface area contributed by atoms with Crippen LogP contribution in [0.4, 0.5) is 0 Å². The first kappa shape index (κ1) is 19.8. The third kappa shape index (κ3) is 3.96. The summed E-state index contributed by atoms with van der Waals surface area (Å²) in [6.45, 7) is 2.52. The molecule has 2 aromatic carbocycles.